The van der Waals surface area contributed by atoms with E-state index in [0.717, 1.165) is 6.42 Å². The predicted octanol–water partition coefficient (Wildman–Crippen LogP) is 3.12. The first kappa shape index (κ1) is 7.59. The lowest BCUT2D eigenvalue weighted by atomic mass is 9.93. The van der Waals surface area contributed by atoms with Crippen LogP contribution in [0.1, 0.15) is 27.2 Å². The Labute approximate surface area is 63.6 Å². The molecule has 0 spiro atoms. The monoisotopic (exact) mass is 135 g/mol. The molecule has 0 saturated heterocycles. The summed E-state index contributed by atoms with van der Waals surface area (Å²) in [4.78, 5) is 0. The SMILES string of the molecule is CC1=CC(C(C)C)=CC[CH]1. The minimum atomic E-state index is 0.684. The number of hydrogen-bond donors (Lipinski definition) is 0. The molecule has 1 aliphatic carbocycles. The normalized spacial score (nSPS) is 18.8. The first-order valence-electron chi connectivity index (χ1n) is 3.91. The van der Waals surface area contributed by atoms with E-state index in [1.165, 1.54) is 11.1 Å². The molecular formula is C10H15. The van der Waals surface area contributed by atoms with Crippen LogP contribution in [0, 0.1) is 12.3 Å². The topological polar surface area (TPSA) is 0 Å². The van der Waals surface area contributed by atoms with Gasteiger partial charge in [-0.1, -0.05) is 31.6 Å². The third-order valence-electron chi connectivity index (χ3n) is 1.85. The molecule has 0 nitrogen and oxygen atoms in total. The molecule has 1 radical (unpaired) electrons. The Balaban J connectivity index is 2.69. The minimum absolute atomic E-state index is 0.684. The molecule has 0 fully saturated rings. The van der Waals surface area contributed by atoms with Gasteiger partial charge in [-0.05, 0) is 31.3 Å². The van der Waals surface area contributed by atoms with E-state index in [4.69, 9.17) is 0 Å². The Kier molecular flexibility index (Phi) is 2.31. The summed E-state index contributed by atoms with van der Waals surface area (Å²) in [5.74, 6) is 0.684. The van der Waals surface area contributed by atoms with Crippen LogP contribution in [0.15, 0.2) is 23.3 Å². The van der Waals surface area contributed by atoms with Crippen LogP contribution in [0.5, 0.6) is 0 Å². The first-order chi connectivity index (χ1) is 4.70. The van der Waals surface area contributed by atoms with Crippen LogP contribution in [0.2, 0.25) is 0 Å². The zero-order valence-corrected chi connectivity index (χ0v) is 7.02. The van der Waals surface area contributed by atoms with Gasteiger partial charge in [0.1, 0.15) is 0 Å². The van der Waals surface area contributed by atoms with Gasteiger partial charge in [0, 0.05) is 0 Å². The third kappa shape index (κ3) is 1.73. The molecule has 0 unspecified atom stereocenters. The molecule has 0 heteroatoms. The Bertz CT molecular complexity index is 170. The maximum Gasteiger partial charge on any atom is -0.00994 e. The molecule has 10 heavy (non-hydrogen) atoms. The highest BCUT2D eigenvalue weighted by molar-refractivity contribution is 5.33. The van der Waals surface area contributed by atoms with Gasteiger partial charge in [0.15, 0.2) is 0 Å². The van der Waals surface area contributed by atoms with Gasteiger partial charge in [-0.3, -0.25) is 0 Å². The molecule has 55 valence electrons. The maximum absolute atomic E-state index is 2.30. The van der Waals surface area contributed by atoms with Crippen LogP contribution < -0.4 is 0 Å². The Hall–Kier alpha value is -0.520. The van der Waals surface area contributed by atoms with Crippen LogP contribution in [0.25, 0.3) is 0 Å². The standard InChI is InChI=1S/C10H15/c1-8(2)10-6-4-5-9(3)7-10/h5-8H,4H2,1-3H3. The van der Waals surface area contributed by atoms with Crippen LogP contribution >= 0.6 is 0 Å². The van der Waals surface area contributed by atoms with Crippen molar-refractivity contribution in [1.82, 2.24) is 0 Å². The van der Waals surface area contributed by atoms with Crippen molar-refractivity contribution >= 4 is 0 Å². The van der Waals surface area contributed by atoms with E-state index >= 15 is 0 Å². The van der Waals surface area contributed by atoms with Crippen molar-refractivity contribution in [2.24, 2.45) is 5.92 Å². The zero-order chi connectivity index (χ0) is 7.56. The van der Waals surface area contributed by atoms with Gasteiger partial charge in [0.05, 0.1) is 0 Å². The van der Waals surface area contributed by atoms with Crippen molar-refractivity contribution < 1.29 is 0 Å². The highest BCUT2D eigenvalue weighted by Crippen LogP contribution is 2.21. The lowest BCUT2D eigenvalue weighted by Gasteiger charge is -2.12. The molecule has 0 N–H and O–H groups in total. The fraction of sp³-hybridized carbons (Fsp3) is 0.500. The van der Waals surface area contributed by atoms with E-state index < -0.39 is 0 Å². The molecule has 0 saturated carbocycles. The van der Waals surface area contributed by atoms with Crippen LogP contribution in [-0.4, -0.2) is 0 Å². The zero-order valence-electron chi connectivity index (χ0n) is 7.02. The summed E-state index contributed by atoms with van der Waals surface area (Å²) in [6.07, 6.45) is 7.95. The Morgan fingerprint density at radius 3 is 2.50 bits per heavy atom. The predicted molar refractivity (Wildman–Crippen MR) is 45.6 cm³/mol. The summed E-state index contributed by atoms with van der Waals surface area (Å²) >= 11 is 0. The van der Waals surface area contributed by atoms with Crippen molar-refractivity contribution in [3.8, 4) is 0 Å². The molecule has 0 aromatic heterocycles. The van der Waals surface area contributed by atoms with Crippen LogP contribution in [0.3, 0.4) is 0 Å². The lowest BCUT2D eigenvalue weighted by molar-refractivity contribution is 0.779. The molecule has 1 rings (SSSR count). The van der Waals surface area contributed by atoms with Crippen molar-refractivity contribution in [3.05, 3.63) is 29.7 Å². The maximum atomic E-state index is 2.30. The molecule has 0 aromatic rings. The number of rotatable bonds is 1. The second kappa shape index (κ2) is 3.05. The second-order valence-corrected chi connectivity index (χ2v) is 3.19. The third-order valence-corrected chi connectivity index (χ3v) is 1.85. The van der Waals surface area contributed by atoms with Gasteiger partial charge in [0.25, 0.3) is 0 Å². The van der Waals surface area contributed by atoms with E-state index in [2.05, 4.69) is 39.3 Å². The Morgan fingerprint density at radius 2 is 2.10 bits per heavy atom. The minimum Gasteiger partial charge on any atom is -0.0804 e. The summed E-state index contributed by atoms with van der Waals surface area (Å²) in [6.45, 7) is 6.64. The van der Waals surface area contributed by atoms with Gasteiger partial charge in [-0.2, -0.15) is 0 Å². The summed E-state index contributed by atoms with van der Waals surface area (Å²) in [5, 5.41) is 0. The molecule has 0 amide bonds. The van der Waals surface area contributed by atoms with Crippen molar-refractivity contribution in [3.63, 3.8) is 0 Å². The van der Waals surface area contributed by atoms with Gasteiger partial charge >= 0.3 is 0 Å². The molecule has 0 heterocycles. The highest BCUT2D eigenvalue weighted by atomic mass is 14.1. The summed E-state index contributed by atoms with van der Waals surface area (Å²) in [7, 11) is 0. The molecule has 0 aliphatic heterocycles. The molecule has 1 aliphatic rings. The summed E-state index contributed by atoms with van der Waals surface area (Å²) in [6, 6.07) is 0. The largest absolute Gasteiger partial charge is 0.0804 e. The van der Waals surface area contributed by atoms with Gasteiger partial charge < -0.3 is 0 Å². The van der Waals surface area contributed by atoms with Gasteiger partial charge in [-0.15, -0.1) is 0 Å². The summed E-state index contributed by atoms with van der Waals surface area (Å²) in [5.41, 5.74) is 2.89. The second-order valence-electron chi connectivity index (χ2n) is 3.19. The number of allylic oxidation sites excluding steroid dienone is 4. The van der Waals surface area contributed by atoms with E-state index in [-0.39, 0.29) is 0 Å². The van der Waals surface area contributed by atoms with Gasteiger partial charge in [0.2, 0.25) is 0 Å². The van der Waals surface area contributed by atoms with E-state index in [1.807, 2.05) is 0 Å². The Morgan fingerprint density at radius 1 is 1.40 bits per heavy atom. The first-order valence-corrected chi connectivity index (χ1v) is 3.91. The number of hydrogen-bond acceptors (Lipinski definition) is 0. The molecule has 0 bridgehead atoms. The van der Waals surface area contributed by atoms with E-state index in [0.29, 0.717) is 5.92 Å². The van der Waals surface area contributed by atoms with Gasteiger partial charge in [-0.25, -0.2) is 0 Å². The lowest BCUT2D eigenvalue weighted by Crippen LogP contribution is -1.96. The quantitative estimate of drug-likeness (QED) is 0.518. The van der Waals surface area contributed by atoms with Crippen molar-refractivity contribution in [1.29, 1.82) is 0 Å². The molecule has 0 atom stereocenters. The highest BCUT2D eigenvalue weighted by Gasteiger charge is 2.04. The average molecular weight is 135 g/mol. The van der Waals surface area contributed by atoms with Crippen molar-refractivity contribution in [2.45, 2.75) is 27.2 Å². The van der Waals surface area contributed by atoms with Crippen LogP contribution in [0.4, 0.5) is 0 Å². The van der Waals surface area contributed by atoms with E-state index in [1.54, 1.807) is 0 Å². The van der Waals surface area contributed by atoms with E-state index in [9.17, 15) is 0 Å². The fourth-order valence-electron chi connectivity index (χ4n) is 1.16. The average Bonchev–Trinajstić information content (AvgIpc) is 1.88. The smallest absolute Gasteiger partial charge is 0.00994 e. The summed E-state index contributed by atoms with van der Waals surface area (Å²) < 4.78 is 0. The molecule has 0 aromatic carbocycles. The van der Waals surface area contributed by atoms with Crippen molar-refractivity contribution in [2.75, 3.05) is 0 Å². The van der Waals surface area contributed by atoms with Crippen LogP contribution in [-0.2, 0) is 0 Å². The molecular weight excluding hydrogens is 120 g/mol. The fourth-order valence-corrected chi connectivity index (χ4v) is 1.16.